The minimum atomic E-state index is -0.114. The van der Waals surface area contributed by atoms with Crippen molar-refractivity contribution in [3.63, 3.8) is 0 Å². The van der Waals surface area contributed by atoms with E-state index >= 15 is 0 Å². The van der Waals surface area contributed by atoms with Crippen molar-refractivity contribution >= 4 is 16.8 Å². The Hall–Kier alpha value is -3.41. The predicted molar refractivity (Wildman–Crippen MR) is 96.5 cm³/mol. The molecule has 130 valence electrons. The highest BCUT2D eigenvalue weighted by Crippen LogP contribution is 2.26. The van der Waals surface area contributed by atoms with Crippen LogP contribution in [0.5, 0.6) is 0 Å². The van der Waals surface area contributed by atoms with E-state index in [1.165, 1.54) is 0 Å². The smallest absolute Gasteiger partial charge is 0.254 e. The summed E-state index contributed by atoms with van der Waals surface area (Å²) in [6, 6.07) is 14.8. The average molecular weight is 347 g/mol. The summed E-state index contributed by atoms with van der Waals surface area (Å²) in [6.07, 6.45) is 1.59. The van der Waals surface area contributed by atoms with E-state index in [4.69, 9.17) is 8.94 Å². The lowest BCUT2D eigenvalue weighted by Crippen LogP contribution is -2.26. The van der Waals surface area contributed by atoms with Gasteiger partial charge >= 0.3 is 0 Å². The number of fused-ring (bicyclic) bond motifs is 1. The Bertz CT molecular complexity index is 1070. The van der Waals surface area contributed by atoms with Gasteiger partial charge < -0.3 is 13.8 Å². The zero-order valence-electron chi connectivity index (χ0n) is 14.5. The molecule has 0 aliphatic carbocycles. The number of furan rings is 1. The fraction of sp³-hybridized carbons (Fsp3) is 0.150. The van der Waals surface area contributed by atoms with E-state index in [9.17, 15) is 4.79 Å². The van der Waals surface area contributed by atoms with Crippen LogP contribution in [-0.2, 0) is 6.54 Å². The van der Waals surface area contributed by atoms with Crippen LogP contribution in [0.1, 0.15) is 21.8 Å². The Morgan fingerprint density at radius 3 is 2.73 bits per heavy atom. The summed E-state index contributed by atoms with van der Waals surface area (Å²) in [6.45, 7) is 2.19. The quantitative estimate of drug-likeness (QED) is 0.556. The molecule has 0 saturated heterocycles. The van der Waals surface area contributed by atoms with Crippen LogP contribution >= 0.6 is 0 Å². The maximum absolute atomic E-state index is 13.1. The van der Waals surface area contributed by atoms with Gasteiger partial charge in [0, 0.05) is 18.5 Å². The number of carbonyl (C=O) groups excluding carboxylic acids is 1. The molecule has 3 aromatic heterocycles. The molecule has 6 nitrogen and oxygen atoms in total. The van der Waals surface area contributed by atoms with Crippen molar-refractivity contribution in [3.05, 3.63) is 71.8 Å². The van der Waals surface area contributed by atoms with E-state index in [2.05, 4.69) is 10.1 Å². The number of carbonyl (C=O) groups is 1. The highest BCUT2D eigenvalue weighted by molar-refractivity contribution is 6.07. The fourth-order valence-electron chi connectivity index (χ4n) is 2.92. The summed E-state index contributed by atoms with van der Waals surface area (Å²) in [7, 11) is 1.74. The number of benzene rings is 1. The van der Waals surface area contributed by atoms with Gasteiger partial charge in [-0.05, 0) is 31.2 Å². The van der Waals surface area contributed by atoms with Crippen molar-refractivity contribution in [1.29, 1.82) is 0 Å². The van der Waals surface area contributed by atoms with Crippen molar-refractivity contribution in [2.24, 2.45) is 0 Å². The number of aryl methyl sites for hydroxylation is 1. The maximum Gasteiger partial charge on any atom is 0.254 e. The standard InChI is InChI=1S/C20H17N3O3/c1-13-10-14(22-26-13)12-23(2)20(24)16-11-18(19-8-5-9-25-19)21-17-7-4-3-6-15(16)17/h3-11H,12H2,1-2H3. The first kappa shape index (κ1) is 16.1. The van der Waals surface area contributed by atoms with Gasteiger partial charge in [0.1, 0.15) is 17.1 Å². The minimum absolute atomic E-state index is 0.114. The second-order valence-corrected chi connectivity index (χ2v) is 6.14. The van der Waals surface area contributed by atoms with Crippen molar-refractivity contribution in [3.8, 4) is 11.5 Å². The molecule has 3 heterocycles. The molecule has 0 saturated carbocycles. The summed E-state index contributed by atoms with van der Waals surface area (Å²) < 4.78 is 10.5. The van der Waals surface area contributed by atoms with Gasteiger partial charge in [-0.1, -0.05) is 23.4 Å². The van der Waals surface area contributed by atoms with Crippen LogP contribution in [0.2, 0.25) is 0 Å². The molecule has 26 heavy (non-hydrogen) atoms. The van der Waals surface area contributed by atoms with Crippen LogP contribution in [0.25, 0.3) is 22.4 Å². The SMILES string of the molecule is Cc1cc(CN(C)C(=O)c2cc(-c3ccco3)nc3ccccc23)no1. The zero-order valence-corrected chi connectivity index (χ0v) is 14.5. The lowest BCUT2D eigenvalue weighted by molar-refractivity contribution is 0.0784. The molecule has 0 bridgehead atoms. The third kappa shape index (κ3) is 2.97. The zero-order chi connectivity index (χ0) is 18.1. The molecular weight excluding hydrogens is 330 g/mol. The van der Waals surface area contributed by atoms with Crippen LogP contribution in [0, 0.1) is 6.92 Å². The summed E-state index contributed by atoms with van der Waals surface area (Å²) in [5.41, 5.74) is 2.66. The van der Waals surface area contributed by atoms with Gasteiger partial charge in [0.15, 0.2) is 5.76 Å². The van der Waals surface area contributed by atoms with Crippen LogP contribution in [0.15, 0.2) is 63.7 Å². The number of amides is 1. The molecule has 0 spiro atoms. The number of rotatable bonds is 4. The lowest BCUT2D eigenvalue weighted by atomic mass is 10.1. The Balaban J connectivity index is 1.75. The van der Waals surface area contributed by atoms with E-state index in [1.807, 2.05) is 43.3 Å². The Morgan fingerprint density at radius 1 is 1.15 bits per heavy atom. The molecule has 0 unspecified atom stereocenters. The van der Waals surface area contributed by atoms with Crippen LogP contribution in [-0.4, -0.2) is 28.0 Å². The Labute approximate surface area is 150 Å². The number of hydrogen-bond acceptors (Lipinski definition) is 5. The van der Waals surface area contributed by atoms with Crippen molar-refractivity contribution < 1.29 is 13.7 Å². The minimum Gasteiger partial charge on any atom is -0.463 e. The van der Waals surface area contributed by atoms with E-state index < -0.39 is 0 Å². The Morgan fingerprint density at radius 2 is 2.00 bits per heavy atom. The van der Waals surface area contributed by atoms with Crippen LogP contribution in [0.3, 0.4) is 0 Å². The first-order valence-corrected chi connectivity index (χ1v) is 8.23. The molecule has 0 N–H and O–H groups in total. The maximum atomic E-state index is 13.1. The molecule has 4 aromatic rings. The molecule has 0 aliphatic rings. The number of nitrogens with zero attached hydrogens (tertiary/aromatic N) is 3. The normalized spacial score (nSPS) is 11.0. The highest BCUT2D eigenvalue weighted by Gasteiger charge is 2.19. The van der Waals surface area contributed by atoms with Crippen molar-refractivity contribution in [2.45, 2.75) is 13.5 Å². The average Bonchev–Trinajstić information content (AvgIpc) is 3.32. The van der Waals surface area contributed by atoms with Crippen LogP contribution in [0.4, 0.5) is 0 Å². The summed E-state index contributed by atoms with van der Waals surface area (Å²) >= 11 is 0. The summed E-state index contributed by atoms with van der Waals surface area (Å²) in [5, 5.41) is 4.76. The monoisotopic (exact) mass is 347 g/mol. The molecule has 0 atom stereocenters. The highest BCUT2D eigenvalue weighted by atomic mass is 16.5. The van der Waals surface area contributed by atoms with Crippen molar-refractivity contribution in [2.75, 3.05) is 7.05 Å². The topological polar surface area (TPSA) is 72.4 Å². The summed E-state index contributed by atoms with van der Waals surface area (Å²) in [4.78, 5) is 19.3. The van der Waals surface area contributed by atoms with Gasteiger partial charge in [-0.25, -0.2) is 4.98 Å². The number of hydrogen-bond donors (Lipinski definition) is 0. The van der Waals surface area contributed by atoms with Gasteiger partial charge in [-0.15, -0.1) is 0 Å². The second-order valence-electron chi connectivity index (χ2n) is 6.14. The molecule has 0 radical (unpaired) electrons. The third-order valence-electron chi connectivity index (χ3n) is 4.14. The third-order valence-corrected chi connectivity index (χ3v) is 4.14. The molecule has 4 rings (SSSR count). The first-order valence-electron chi connectivity index (χ1n) is 8.23. The number of para-hydroxylation sites is 1. The number of pyridine rings is 1. The van der Waals surface area contributed by atoms with E-state index in [0.29, 0.717) is 29.3 Å². The largest absolute Gasteiger partial charge is 0.463 e. The number of aromatic nitrogens is 2. The predicted octanol–water partition coefficient (Wildman–Crippen LogP) is 4.06. The first-order chi connectivity index (χ1) is 12.6. The van der Waals surface area contributed by atoms with Gasteiger partial charge in [-0.3, -0.25) is 4.79 Å². The van der Waals surface area contributed by atoms with Crippen molar-refractivity contribution in [1.82, 2.24) is 15.0 Å². The van der Waals surface area contributed by atoms with Gasteiger partial charge in [0.2, 0.25) is 0 Å². The van der Waals surface area contributed by atoms with Gasteiger partial charge in [-0.2, -0.15) is 0 Å². The van der Waals surface area contributed by atoms with E-state index in [1.54, 1.807) is 30.3 Å². The molecule has 0 fully saturated rings. The molecular formula is C20H17N3O3. The van der Waals surface area contributed by atoms with Gasteiger partial charge in [0.05, 0.1) is 23.9 Å². The van der Waals surface area contributed by atoms with Gasteiger partial charge in [0.25, 0.3) is 5.91 Å². The fourth-order valence-corrected chi connectivity index (χ4v) is 2.92. The van der Waals surface area contributed by atoms with E-state index in [-0.39, 0.29) is 5.91 Å². The lowest BCUT2D eigenvalue weighted by Gasteiger charge is -2.17. The molecule has 0 aliphatic heterocycles. The Kier molecular flexibility index (Phi) is 4.01. The van der Waals surface area contributed by atoms with E-state index in [0.717, 1.165) is 16.7 Å². The molecule has 1 amide bonds. The summed E-state index contributed by atoms with van der Waals surface area (Å²) in [5.74, 6) is 1.23. The van der Waals surface area contributed by atoms with Crippen LogP contribution < -0.4 is 0 Å². The second kappa shape index (κ2) is 6.48. The molecule has 1 aromatic carbocycles. The molecule has 6 heteroatoms.